The van der Waals surface area contributed by atoms with Crippen molar-refractivity contribution < 1.29 is 0 Å². The van der Waals surface area contributed by atoms with Gasteiger partial charge in [0.2, 0.25) is 5.65 Å². The summed E-state index contributed by atoms with van der Waals surface area (Å²) >= 11 is 0. The summed E-state index contributed by atoms with van der Waals surface area (Å²) < 4.78 is 1.58. The highest BCUT2D eigenvalue weighted by molar-refractivity contribution is 5.62. The Balaban J connectivity index is 1.78. The highest BCUT2D eigenvalue weighted by Crippen LogP contribution is 2.26. The van der Waals surface area contributed by atoms with Crippen LogP contribution < -0.4 is 5.32 Å². The first kappa shape index (κ1) is 14.3. The van der Waals surface area contributed by atoms with Crippen LogP contribution in [0.25, 0.3) is 5.65 Å². The van der Waals surface area contributed by atoms with Gasteiger partial charge in [0.25, 0.3) is 0 Å². The lowest BCUT2D eigenvalue weighted by Gasteiger charge is -2.19. The van der Waals surface area contributed by atoms with Gasteiger partial charge in [-0.2, -0.15) is 4.52 Å². The van der Waals surface area contributed by atoms with Crippen molar-refractivity contribution in [1.29, 1.82) is 0 Å². The van der Waals surface area contributed by atoms with Gasteiger partial charge in [-0.05, 0) is 35.0 Å². The van der Waals surface area contributed by atoms with Crippen LogP contribution in [0.15, 0.2) is 61.1 Å². The molecule has 1 atom stereocenters. The molecule has 0 bridgehead atoms. The zero-order valence-electron chi connectivity index (χ0n) is 13.0. The Morgan fingerprint density at radius 2 is 1.88 bits per heavy atom. The van der Waals surface area contributed by atoms with E-state index in [4.69, 9.17) is 0 Å². The number of pyridine rings is 1. The third-order valence-electron chi connectivity index (χ3n) is 3.79. The maximum absolute atomic E-state index is 4.49. The zero-order chi connectivity index (χ0) is 16.4. The Kier molecular flexibility index (Phi) is 3.59. The lowest BCUT2D eigenvalue weighted by Crippen LogP contribution is -2.15. The third kappa shape index (κ3) is 2.67. The van der Waals surface area contributed by atoms with Crippen LogP contribution in [0.1, 0.15) is 22.9 Å². The standard InChI is InChI=1S/C17H15N7/c1-12-5-7-13(8-6-12)15(14-4-2-3-9-18-14)20-16-17-21-22-23-24(17)11-10-19-16/h2-11,15H,1H3,(H,19,20). The number of anilines is 1. The number of rotatable bonds is 4. The monoisotopic (exact) mass is 317 g/mol. The van der Waals surface area contributed by atoms with Gasteiger partial charge in [-0.1, -0.05) is 35.9 Å². The van der Waals surface area contributed by atoms with E-state index < -0.39 is 0 Å². The van der Waals surface area contributed by atoms with Crippen LogP contribution in [0.2, 0.25) is 0 Å². The number of fused-ring (bicyclic) bond motifs is 1. The van der Waals surface area contributed by atoms with Crippen molar-refractivity contribution in [3.63, 3.8) is 0 Å². The predicted molar refractivity (Wildman–Crippen MR) is 89.5 cm³/mol. The van der Waals surface area contributed by atoms with Gasteiger partial charge in [0, 0.05) is 12.4 Å². The van der Waals surface area contributed by atoms with Gasteiger partial charge in [-0.3, -0.25) is 4.98 Å². The van der Waals surface area contributed by atoms with E-state index in [-0.39, 0.29) is 6.04 Å². The van der Waals surface area contributed by atoms with Crippen molar-refractivity contribution >= 4 is 11.5 Å². The van der Waals surface area contributed by atoms with Gasteiger partial charge >= 0.3 is 0 Å². The van der Waals surface area contributed by atoms with E-state index in [0.29, 0.717) is 11.5 Å². The molecule has 3 heterocycles. The van der Waals surface area contributed by atoms with E-state index >= 15 is 0 Å². The van der Waals surface area contributed by atoms with Crippen LogP contribution in [0.4, 0.5) is 5.82 Å². The summed E-state index contributed by atoms with van der Waals surface area (Å²) in [5, 5.41) is 15.1. The van der Waals surface area contributed by atoms with Crippen molar-refractivity contribution in [2.24, 2.45) is 0 Å². The molecule has 0 amide bonds. The molecule has 24 heavy (non-hydrogen) atoms. The fraction of sp³-hybridized carbons (Fsp3) is 0.118. The summed E-state index contributed by atoms with van der Waals surface area (Å²) in [7, 11) is 0. The molecule has 0 aliphatic carbocycles. The number of benzene rings is 1. The summed E-state index contributed by atoms with van der Waals surface area (Å²) in [6.07, 6.45) is 5.16. The summed E-state index contributed by atoms with van der Waals surface area (Å²) in [6, 6.07) is 14.0. The summed E-state index contributed by atoms with van der Waals surface area (Å²) in [5.41, 5.74) is 3.78. The lowest BCUT2D eigenvalue weighted by atomic mass is 10.0. The van der Waals surface area contributed by atoms with E-state index in [9.17, 15) is 0 Å². The molecular formula is C17H15N7. The van der Waals surface area contributed by atoms with Gasteiger partial charge in [0.1, 0.15) is 0 Å². The number of hydrogen-bond acceptors (Lipinski definition) is 6. The molecule has 4 aromatic rings. The summed E-state index contributed by atoms with van der Waals surface area (Å²) in [6.45, 7) is 2.07. The highest BCUT2D eigenvalue weighted by atomic mass is 15.5. The Bertz CT molecular complexity index is 948. The Morgan fingerprint density at radius 1 is 1.00 bits per heavy atom. The number of hydrogen-bond donors (Lipinski definition) is 1. The van der Waals surface area contributed by atoms with Gasteiger partial charge in [0.15, 0.2) is 5.82 Å². The summed E-state index contributed by atoms with van der Waals surface area (Å²) in [4.78, 5) is 8.88. The molecule has 0 saturated carbocycles. The maximum atomic E-state index is 4.49. The molecule has 0 saturated heterocycles. The SMILES string of the molecule is Cc1ccc(C(Nc2nccn3nnnc23)c2ccccn2)cc1. The average molecular weight is 317 g/mol. The predicted octanol–water partition coefficient (Wildman–Crippen LogP) is 2.42. The van der Waals surface area contributed by atoms with Crippen LogP contribution in [-0.2, 0) is 0 Å². The van der Waals surface area contributed by atoms with Gasteiger partial charge in [-0.25, -0.2) is 4.98 Å². The Morgan fingerprint density at radius 3 is 2.67 bits per heavy atom. The summed E-state index contributed by atoms with van der Waals surface area (Å²) in [5.74, 6) is 0.610. The molecule has 4 rings (SSSR count). The van der Waals surface area contributed by atoms with E-state index in [1.807, 2.05) is 18.2 Å². The molecular weight excluding hydrogens is 302 g/mol. The molecule has 1 aromatic carbocycles. The Labute approximate surface area is 138 Å². The van der Waals surface area contributed by atoms with Crippen LogP contribution in [0, 0.1) is 6.92 Å². The maximum Gasteiger partial charge on any atom is 0.221 e. The van der Waals surface area contributed by atoms with Crippen LogP contribution in [0.5, 0.6) is 0 Å². The largest absolute Gasteiger partial charge is 0.354 e. The van der Waals surface area contributed by atoms with Crippen LogP contribution in [-0.4, -0.2) is 30.0 Å². The minimum absolute atomic E-state index is 0.151. The first-order valence-corrected chi connectivity index (χ1v) is 7.58. The smallest absolute Gasteiger partial charge is 0.221 e. The fourth-order valence-corrected chi connectivity index (χ4v) is 2.55. The topological polar surface area (TPSA) is 80.9 Å². The molecule has 0 fully saturated rings. The number of tetrazole rings is 1. The molecule has 0 radical (unpaired) electrons. The highest BCUT2D eigenvalue weighted by Gasteiger charge is 2.18. The third-order valence-corrected chi connectivity index (χ3v) is 3.79. The van der Waals surface area contributed by atoms with Crippen molar-refractivity contribution in [1.82, 2.24) is 30.0 Å². The second-order valence-electron chi connectivity index (χ2n) is 5.47. The van der Waals surface area contributed by atoms with Crippen LogP contribution in [0.3, 0.4) is 0 Å². The number of nitrogens with zero attached hydrogens (tertiary/aromatic N) is 6. The second-order valence-corrected chi connectivity index (χ2v) is 5.47. The molecule has 0 spiro atoms. The lowest BCUT2D eigenvalue weighted by molar-refractivity contribution is 0.818. The average Bonchev–Trinajstić information content (AvgIpc) is 3.11. The van der Waals surface area contributed by atoms with Crippen LogP contribution >= 0.6 is 0 Å². The quantitative estimate of drug-likeness (QED) is 0.622. The normalized spacial score (nSPS) is 12.2. The van der Waals surface area contributed by atoms with E-state index in [1.54, 1.807) is 23.1 Å². The number of aryl methyl sites for hydroxylation is 1. The first-order chi connectivity index (χ1) is 11.8. The molecule has 7 heteroatoms. The molecule has 7 nitrogen and oxygen atoms in total. The van der Waals surface area contributed by atoms with E-state index in [1.165, 1.54) is 5.56 Å². The minimum Gasteiger partial charge on any atom is -0.354 e. The van der Waals surface area contributed by atoms with Gasteiger partial charge in [-0.15, -0.1) is 5.10 Å². The second kappa shape index (κ2) is 6.04. The van der Waals surface area contributed by atoms with Crippen molar-refractivity contribution in [2.45, 2.75) is 13.0 Å². The fourth-order valence-electron chi connectivity index (χ4n) is 2.55. The van der Waals surface area contributed by atoms with Crippen molar-refractivity contribution in [2.75, 3.05) is 5.32 Å². The minimum atomic E-state index is -0.151. The first-order valence-electron chi connectivity index (χ1n) is 7.58. The molecule has 3 aromatic heterocycles. The molecule has 1 unspecified atom stereocenters. The van der Waals surface area contributed by atoms with E-state index in [0.717, 1.165) is 11.3 Å². The van der Waals surface area contributed by atoms with Gasteiger partial charge in [0.05, 0.1) is 17.9 Å². The number of aromatic nitrogens is 6. The molecule has 0 aliphatic heterocycles. The van der Waals surface area contributed by atoms with Crippen molar-refractivity contribution in [3.05, 3.63) is 77.9 Å². The molecule has 118 valence electrons. The van der Waals surface area contributed by atoms with Crippen molar-refractivity contribution in [3.8, 4) is 0 Å². The Hall–Kier alpha value is -3.35. The van der Waals surface area contributed by atoms with Gasteiger partial charge < -0.3 is 5.32 Å². The van der Waals surface area contributed by atoms with E-state index in [2.05, 4.69) is 62.0 Å². The number of nitrogens with one attached hydrogen (secondary N) is 1. The molecule has 1 N–H and O–H groups in total. The molecule has 0 aliphatic rings. The zero-order valence-corrected chi connectivity index (χ0v) is 13.0.